The molecule has 1 aromatic rings. The maximum absolute atomic E-state index is 10.9. The van der Waals surface area contributed by atoms with Crippen LogP contribution in [0.5, 0.6) is 5.75 Å². The average molecular weight is 212 g/mol. The lowest BCUT2D eigenvalue weighted by Crippen LogP contribution is -2.00. The van der Waals surface area contributed by atoms with Gasteiger partial charge in [-0.3, -0.25) is 0 Å². The molecule has 1 rings (SSSR count). The third kappa shape index (κ3) is 5.02. The highest BCUT2D eigenvalue weighted by Gasteiger charge is 2.08. The molecule has 0 heterocycles. The zero-order valence-electron chi connectivity index (χ0n) is 8.93. The monoisotopic (exact) mass is 212 g/mol. The fourth-order valence-corrected chi connectivity index (χ4v) is 0.756. The van der Waals surface area contributed by atoms with Crippen molar-refractivity contribution in [3.8, 4) is 5.75 Å². The number of benzene rings is 1. The Balaban J connectivity index is 0.000000423. The Bertz CT molecular complexity index is 294. The van der Waals surface area contributed by atoms with E-state index >= 15 is 0 Å². The van der Waals surface area contributed by atoms with Crippen LogP contribution in [0.15, 0.2) is 24.3 Å². The summed E-state index contributed by atoms with van der Waals surface area (Å²) in [5, 5.41) is 17.0. The van der Waals surface area contributed by atoms with Gasteiger partial charge in [0, 0.05) is 6.61 Å². The van der Waals surface area contributed by atoms with Crippen molar-refractivity contribution in [2.45, 2.75) is 13.3 Å². The molecule has 0 bridgehead atoms. The van der Waals surface area contributed by atoms with Crippen LogP contribution < -0.4 is 0 Å². The van der Waals surface area contributed by atoms with Gasteiger partial charge in [-0.1, -0.05) is 19.1 Å². The number of aromatic hydroxyl groups is 1. The second kappa shape index (κ2) is 7.82. The van der Waals surface area contributed by atoms with E-state index in [0.29, 0.717) is 6.61 Å². The molecule has 0 aliphatic rings. The van der Waals surface area contributed by atoms with E-state index in [0.717, 1.165) is 6.42 Å². The van der Waals surface area contributed by atoms with Crippen LogP contribution in [0.25, 0.3) is 0 Å². The number of aliphatic hydroxyl groups is 1. The van der Waals surface area contributed by atoms with Gasteiger partial charge in [0.15, 0.2) is 0 Å². The van der Waals surface area contributed by atoms with Crippen LogP contribution in [0, 0.1) is 0 Å². The Kier molecular flexibility index (Phi) is 7.01. The first-order chi connectivity index (χ1) is 7.17. The first kappa shape index (κ1) is 13.4. The molecular formula is C11H16O4. The van der Waals surface area contributed by atoms with Gasteiger partial charge in [0.25, 0.3) is 0 Å². The third-order valence-electron chi connectivity index (χ3n) is 1.53. The first-order valence-corrected chi connectivity index (χ1v) is 4.64. The van der Waals surface area contributed by atoms with Gasteiger partial charge in [0.05, 0.1) is 7.11 Å². The van der Waals surface area contributed by atoms with Crippen molar-refractivity contribution >= 4 is 5.97 Å². The zero-order valence-corrected chi connectivity index (χ0v) is 8.93. The number of ether oxygens (including phenoxy) is 1. The van der Waals surface area contributed by atoms with Crippen LogP contribution in [0.2, 0.25) is 0 Å². The molecule has 4 nitrogen and oxygen atoms in total. The molecule has 4 heteroatoms. The van der Waals surface area contributed by atoms with Gasteiger partial charge in [-0.25, -0.2) is 4.79 Å². The molecule has 0 radical (unpaired) electrons. The molecule has 0 saturated heterocycles. The van der Waals surface area contributed by atoms with E-state index in [1.807, 2.05) is 6.92 Å². The van der Waals surface area contributed by atoms with Crippen LogP contribution in [-0.2, 0) is 4.74 Å². The topological polar surface area (TPSA) is 66.8 Å². The second-order valence-electron chi connectivity index (χ2n) is 2.73. The maximum Gasteiger partial charge on any atom is 0.341 e. The Morgan fingerprint density at radius 1 is 1.40 bits per heavy atom. The van der Waals surface area contributed by atoms with Crippen molar-refractivity contribution in [1.29, 1.82) is 0 Å². The summed E-state index contributed by atoms with van der Waals surface area (Å²) in [7, 11) is 1.27. The second-order valence-corrected chi connectivity index (χ2v) is 2.73. The number of esters is 1. The summed E-state index contributed by atoms with van der Waals surface area (Å²) in [6.07, 6.45) is 0.875. The van der Waals surface area contributed by atoms with Crippen LogP contribution in [0.3, 0.4) is 0 Å². The number of hydrogen-bond acceptors (Lipinski definition) is 4. The van der Waals surface area contributed by atoms with Gasteiger partial charge in [-0.15, -0.1) is 0 Å². The molecule has 15 heavy (non-hydrogen) atoms. The molecule has 0 atom stereocenters. The van der Waals surface area contributed by atoms with Crippen molar-refractivity contribution in [3.63, 3.8) is 0 Å². The maximum atomic E-state index is 10.9. The number of methoxy groups -OCH3 is 1. The Morgan fingerprint density at radius 3 is 2.33 bits per heavy atom. The molecule has 0 aliphatic heterocycles. The van der Waals surface area contributed by atoms with E-state index < -0.39 is 5.97 Å². The minimum atomic E-state index is -0.525. The van der Waals surface area contributed by atoms with E-state index in [2.05, 4.69) is 4.74 Å². The predicted molar refractivity (Wildman–Crippen MR) is 56.8 cm³/mol. The molecule has 1 aromatic carbocycles. The molecule has 0 aromatic heterocycles. The van der Waals surface area contributed by atoms with Gasteiger partial charge in [0.2, 0.25) is 0 Å². The highest BCUT2D eigenvalue weighted by molar-refractivity contribution is 5.92. The predicted octanol–water partition coefficient (Wildman–Crippen LogP) is 1.57. The lowest BCUT2D eigenvalue weighted by Gasteiger charge is -1.99. The van der Waals surface area contributed by atoms with E-state index in [4.69, 9.17) is 10.2 Å². The SMILES string of the molecule is CCCO.COC(=O)c1ccccc1O. The highest BCUT2D eigenvalue weighted by atomic mass is 16.5. The van der Waals surface area contributed by atoms with Gasteiger partial charge >= 0.3 is 5.97 Å². The summed E-state index contributed by atoms with van der Waals surface area (Å²) in [6.45, 7) is 2.25. The summed E-state index contributed by atoms with van der Waals surface area (Å²) in [5.74, 6) is -0.581. The van der Waals surface area contributed by atoms with Gasteiger partial charge in [0.1, 0.15) is 11.3 Å². The number of hydrogen-bond donors (Lipinski definition) is 2. The molecule has 84 valence electrons. The normalized spacial score (nSPS) is 8.73. The number of phenolic OH excluding ortho intramolecular Hbond substituents is 1. The minimum absolute atomic E-state index is 0.0562. The van der Waals surface area contributed by atoms with Crippen molar-refractivity contribution in [2.24, 2.45) is 0 Å². The van der Waals surface area contributed by atoms with Gasteiger partial charge in [-0.05, 0) is 18.6 Å². The third-order valence-corrected chi connectivity index (χ3v) is 1.53. The lowest BCUT2D eigenvalue weighted by molar-refractivity contribution is 0.0597. The lowest BCUT2D eigenvalue weighted by atomic mass is 10.2. The molecule has 0 aliphatic carbocycles. The Labute approximate surface area is 89.1 Å². The van der Waals surface area contributed by atoms with Crippen LogP contribution in [0.1, 0.15) is 23.7 Å². The minimum Gasteiger partial charge on any atom is -0.507 e. The van der Waals surface area contributed by atoms with E-state index in [9.17, 15) is 4.79 Å². The molecule has 2 N–H and O–H groups in total. The Hall–Kier alpha value is -1.55. The standard InChI is InChI=1S/C8H8O3.C3H8O/c1-11-8(10)6-4-2-3-5-7(6)9;1-2-3-4/h2-5,9H,1H3;4H,2-3H2,1H3. The summed E-state index contributed by atoms with van der Waals surface area (Å²) >= 11 is 0. The average Bonchev–Trinajstić information content (AvgIpc) is 2.29. The zero-order chi connectivity index (χ0) is 11.7. The fourth-order valence-electron chi connectivity index (χ4n) is 0.756. The number of phenols is 1. The molecule has 0 spiro atoms. The van der Waals surface area contributed by atoms with Crippen molar-refractivity contribution < 1.29 is 19.7 Å². The van der Waals surface area contributed by atoms with Crippen LogP contribution >= 0.6 is 0 Å². The summed E-state index contributed by atoms with van der Waals surface area (Å²) in [4.78, 5) is 10.9. The van der Waals surface area contributed by atoms with Gasteiger partial charge in [-0.2, -0.15) is 0 Å². The van der Waals surface area contributed by atoms with E-state index in [1.54, 1.807) is 12.1 Å². The summed E-state index contributed by atoms with van der Waals surface area (Å²) < 4.78 is 4.42. The molecule has 0 unspecified atom stereocenters. The van der Waals surface area contributed by atoms with E-state index in [-0.39, 0.29) is 11.3 Å². The molecule has 0 fully saturated rings. The molecule has 0 amide bonds. The summed E-state index contributed by atoms with van der Waals surface area (Å²) in [5.41, 5.74) is 0.190. The molecular weight excluding hydrogens is 196 g/mol. The number of carbonyl (C=O) groups is 1. The van der Waals surface area contributed by atoms with Crippen molar-refractivity contribution in [3.05, 3.63) is 29.8 Å². The van der Waals surface area contributed by atoms with E-state index in [1.165, 1.54) is 19.2 Å². The largest absolute Gasteiger partial charge is 0.507 e. The fraction of sp³-hybridized carbons (Fsp3) is 0.364. The Morgan fingerprint density at radius 2 is 1.93 bits per heavy atom. The smallest absolute Gasteiger partial charge is 0.341 e. The van der Waals surface area contributed by atoms with Crippen LogP contribution in [0.4, 0.5) is 0 Å². The number of rotatable bonds is 2. The number of carbonyl (C=O) groups excluding carboxylic acids is 1. The quantitative estimate of drug-likeness (QED) is 0.730. The molecule has 0 saturated carbocycles. The number of aliphatic hydroxyl groups excluding tert-OH is 1. The van der Waals surface area contributed by atoms with Crippen molar-refractivity contribution in [2.75, 3.05) is 13.7 Å². The highest BCUT2D eigenvalue weighted by Crippen LogP contribution is 2.15. The summed E-state index contributed by atoms with van der Waals surface area (Å²) in [6, 6.07) is 6.24. The van der Waals surface area contributed by atoms with Crippen LogP contribution in [-0.4, -0.2) is 29.9 Å². The van der Waals surface area contributed by atoms with Gasteiger partial charge < -0.3 is 14.9 Å². The number of para-hydroxylation sites is 1. The van der Waals surface area contributed by atoms with Crippen molar-refractivity contribution in [1.82, 2.24) is 0 Å². The first-order valence-electron chi connectivity index (χ1n) is 4.64.